The minimum absolute atomic E-state index is 0.274. The summed E-state index contributed by atoms with van der Waals surface area (Å²) in [6.45, 7) is 4.47. The first-order valence-electron chi connectivity index (χ1n) is 10.3. The predicted molar refractivity (Wildman–Crippen MR) is 115 cm³/mol. The van der Waals surface area contributed by atoms with Gasteiger partial charge in [0.25, 0.3) is 0 Å². The lowest BCUT2D eigenvalue weighted by Gasteiger charge is -2.21. The zero-order valence-corrected chi connectivity index (χ0v) is 17.1. The van der Waals surface area contributed by atoms with Gasteiger partial charge in [-0.1, -0.05) is 25.0 Å². The van der Waals surface area contributed by atoms with E-state index in [1.165, 1.54) is 32.0 Å². The van der Waals surface area contributed by atoms with Crippen molar-refractivity contribution >= 4 is 17.5 Å². The van der Waals surface area contributed by atoms with E-state index in [4.69, 9.17) is 0 Å². The third-order valence-corrected chi connectivity index (χ3v) is 5.28. The summed E-state index contributed by atoms with van der Waals surface area (Å²) in [5.74, 6) is 1.01. The summed E-state index contributed by atoms with van der Waals surface area (Å²) in [4.78, 5) is 19.3. The van der Waals surface area contributed by atoms with E-state index >= 15 is 0 Å². The first-order chi connectivity index (χ1) is 14.7. The third-order valence-electron chi connectivity index (χ3n) is 5.28. The van der Waals surface area contributed by atoms with Gasteiger partial charge in [0.1, 0.15) is 12.1 Å². The van der Waals surface area contributed by atoms with E-state index in [-0.39, 0.29) is 6.03 Å². The number of nitrogens with zero attached hydrogens (tertiary/aromatic N) is 6. The van der Waals surface area contributed by atoms with Crippen molar-refractivity contribution in [2.45, 2.75) is 39.2 Å². The number of benzene rings is 1. The fraction of sp³-hybridized carbons (Fsp3) is 0.381. The molecule has 30 heavy (non-hydrogen) atoms. The molecule has 0 atom stereocenters. The molecule has 3 heterocycles. The van der Waals surface area contributed by atoms with Gasteiger partial charge < -0.3 is 15.5 Å². The number of tetrazole rings is 1. The standard InChI is InChI=1S/C21H26N8O/c1-16-6-8-18(29-15-24-26-27-29)12-19(16)25-21(30)23-14-17-7-9-20(22-13-17)28-10-4-2-3-5-11-28/h6-9,12-13,15H,2-5,10-11,14H2,1H3,(H2,23,25,30). The Morgan fingerprint density at radius 3 is 2.63 bits per heavy atom. The smallest absolute Gasteiger partial charge is 0.319 e. The van der Waals surface area contributed by atoms with Gasteiger partial charge in [-0.05, 0) is 59.5 Å². The molecule has 3 aromatic rings. The first-order valence-corrected chi connectivity index (χ1v) is 10.3. The molecule has 156 valence electrons. The number of nitrogens with one attached hydrogen (secondary N) is 2. The van der Waals surface area contributed by atoms with E-state index in [1.807, 2.05) is 43.5 Å². The van der Waals surface area contributed by atoms with Crippen LogP contribution >= 0.6 is 0 Å². The maximum atomic E-state index is 12.4. The van der Waals surface area contributed by atoms with Crippen molar-refractivity contribution < 1.29 is 4.79 Å². The van der Waals surface area contributed by atoms with E-state index in [0.29, 0.717) is 12.2 Å². The predicted octanol–water partition coefficient (Wildman–Crippen LogP) is 3.07. The topological polar surface area (TPSA) is 101 Å². The Kier molecular flexibility index (Phi) is 6.17. The van der Waals surface area contributed by atoms with Crippen LogP contribution in [-0.2, 0) is 6.54 Å². The molecule has 4 rings (SSSR count). The number of hydrogen-bond donors (Lipinski definition) is 2. The Labute approximate surface area is 175 Å². The summed E-state index contributed by atoms with van der Waals surface area (Å²) in [6.07, 6.45) is 8.39. The fourth-order valence-corrected chi connectivity index (χ4v) is 3.52. The minimum atomic E-state index is -0.274. The molecule has 1 aliphatic rings. The number of carbonyl (C=O) groups is 1. The first kappa shape index (κ1) is 19.8. The summed E-state index contributed by atoms with van der Waals surface area (Å²) >= 11 is 0. The van der Waals surface area contributed by atoms with Gasteiger partial charge in [0.2, 0.25) is 0 Å². The molecule has 1 aromatic carbocycles. The number of anilines is 2. The maximum Gasteiger partial charge on any atom is 0.319 e. The zero-order chi connectivity index (χ0) is 20.8. The quantitative estimate of drug-likeness (QED) is 0.675. The minimum Gasteiger partial charge on any atom is -0.357 e. The molecule has 1 fully saturated rings. The van der Waals surface area contributed by atoms with Crippen molar-refractivity contribution in [1.82, 2.24) is 30.5 Å². The van der Waals surface area contributed by atoms with Crippen molar-refractivity contribution in [3.8, 4) is 5.69 Å². The lowest BCUT2D eigenvalue weighted by Crippen LogP contribution is -2.29. The highest BCUT2D eigenvalue weighted by Gasteiger charge is 2.11. The number of amides is 2. The molecule has 1 saturated heterocycles. The second kappa shape index (κ2) is 9.34. The van der Waals surface area contributed by atoms with Crippen molar-refractivity contribution in [2.24, 2.45) is 0 Å². The van der Waals surface area contributed by atoms with E-state index in [2.05, 4.69) is 36.0 Å². The largest absolute Gasteiger partial charge is 0.357 e. The SMILES string of the molecule is Cc1ccc(-n2cnnn2)cc1NC(=O)NCc1ccc(N2CCCCCC2)nc1. The number of urea groups is 1. The van der Waals surface area contributed by atoms with E-state index in [1.54, 1.807) is 4.68 Å². The molecule has 0 radical (unpaired) electrons. The van der Waals surface area contributed by atoms with Crippen molar-refractivity contribution in [3.05, 3.63) is 54.0 Å². The molecule has 2 N–H and O–H groups in total. The van der Waals surface area contributed by atoms with E-state index in [9.17, 15) is 4.79 Å². The Hall–Kier alpha value is -3.49. The summed E-state index contributed by atoms with van der Waals surface area (Å²) < 4.78 is 1.54. The summed E-state index contributed by atoms with van der Waals surface area (Å²) in [5, 5.41) is 16.9. The van der Waals surface area contributed by atoms with Gasteiger partial charge >= 0.3 is 6.03 Å². The van der Waals surface area contributed by atoms with Crippen LogP contribution in [0.25, 0.3) is 5.69 Å². The third kappa shape index (κ3) is 4.91. The Morgan fingerprint density at radius 2 is 1.93 bits per heavy atom. The highest BCUT2D eigenvalue weighted by atomic mass is 16.2. The monoisotopic (exact) mass is 406 g/mol. The highest BCUT2D eigenvalue weighted by molar-refractivity contribution is 5.90. The van der Waals surface area contributed by atoms with Crippen LogP contribution in [0.1, 0.15) is 36.8 Å². The van der Waals surface area contributed by atoms with Crippen LogP contribution in [0.2, 0.25) is 0 Å². The normalized spacial score (nSPS) is 14.2. The van der Waals surface area contributed by atoms with Gasteiger partial charge in [-0.25, -0.2) is 14.5 Å². The van der Waals surface area contributed by atoms with Gasteiger partial charge in [0.05, 0.1) is 5.69 Å². The number of rotatable bonds is 5. The van der Waals surface area contributed by atoms with Crippen LogP contribution in [0.15, 0.2) is 42.9 Å². The number of aromatic nitrogens is 5. The molecule has 2 amide bonds. The van der Waals surface area contributed by atoms with Gasteiger partial charge in [-0.15, -0.1) is 5.10 Å². The van der Waals surface area contributed by atoms with Crippen LogP contribution in [0, 0.1) is 6.92 Å². The Morgan fingerprint density at radius 1 is 1.10 bits per heavy atom. The molecule has 1 aliphatic heterocycles. The number of pyridine rings is 1. The molecular weight excluding hydrogens is 380 g/mol. The molecule has 9 heteroatoms. The lowest BCUT2D eigenvalue weighted by atomic mass is 10.2. The van der Waals surface area contributed by atoms with Gasteiger partial charge in [-0.3, -0.25) is 0 Å². The van der Waals surface area contributed by atoms with Crippen molar-refractivity contribution in [1.29, 1.82) is 0 Å². The molecule has 0 aliphatic carbocycles. The fourth-order valence-electron chi connectivity index (χ4n) is 3.52. The van der Waals surface area contributed by atoms with Crippen LogP contribution in [0.3, 0.4) is 0 Å². The molecule has 0 saturated carbocycles. The van der Waals surface area contributed by atoms with E-state index in [0.717, 1.165) is 35.7 Å². The molecule has 0 spiro atoms. The summed E-state index contributed by atoms with van der Waals surface area (Å²) in [5.41, 5.74) is 3.39. The van der Waals surface area contributed by atoms with Gasteiger partial charge in [0, 0.05) is 31.5 Å². The second-order valence-corrected chi connectivity index (χ2v) is 7.49. The summed E-state index contributed by atoms with van der Waals surface area (Å²) in [6, 6.07) is 9.44. The molecule has 0 bridgehead atoms. The number of hydrogen-bond acceptors (Lipinski definition) is 6. The zero-order valence-electron chi connectivity index (χ0n) is 17.1. The van der Waals surface area contributed by atoms with Crippen LogP contribution in [-0.4, -0.2) is 44.3 Å². The second-order valence-electron chi connectivity index (χ2n) is 7.49. The average molecular weight is 406 g/mol. The van der Waals surface area contributed by atoms with Crippen molar-refractivity contribution in [3.63, 3.8) is 0 Å². The number of carbonyl (C=O) groups excluding carboxylic acids is 1. The maximum absolute atomic E-state index is 12.4. The number of aryl methyl sites for hydroxylation is 1. The van der Waals surface area contributed by atoms with Gasteiger partial charge in [-0.2, -0.15) is 0 Å². The summed E-state index contributed by atoms with van der Waals surface area (Å²) in [7, 11) is 0. The van der Waals surface area contributed by atoms with Crippen LogP contribution < -0.4 is 15.5 Å². The molecule has 0 unspecified atom stereocenters. The Balaban J connectivity index is 1.33. The van der Waals surface area contributed by atoms with Crippen LogP contribution in [0.4, 0.5) is 16.3 Å². The van der Waals surface area contributed by atoms with Crippen molar-refractivity contribution in [2.75, 3.05) is 23.3 Å². The lowest BCUT2D eigenvalue weighted by molar-refractivity contribution is 0.251. The molecular formula is C21H26N8O. The molecule has 2 aromatic heterocycles. The molecule has 9 nitrogen and oxygen atoms in total. The van der Waals surface area contributed by atoms with E-state index < -0.39 is 0 Å². The average Bonchev–Trinajstić information content (AvgIpc) is 3.17. The van der Waals surface area contributed by atoms with Gasteiger partial charge in [0.15, 0.2) is 0 Å². The highest BCUT2D eigenvalue weighted by Crippen LogP contribution is 2.19. The Bertz CT molecular complexity index is 963. The van der Waals surface area contributed by atoms with Crippen LogP contribution in [0.5, 0.6) is 0 Å².